The van der Waals surface area contributed by atoms with Gasteiger partial charge in [0.15, 0.2) is 0 Å². The molecule has 190 valence electrons. The predicted molar refractivity (Wildman–Crippen MR) is 128 cm³/mol. The molecular weight excluding hydrogens is 472 g/mol. The van der Waals surface area contributed by atoms with E-state index >= 15 is 0 Å². The molecule has 11 heteroatoms. The summed E-state index contributed by atoms with van der Waals surface area (Å²) in [5.41, 5.74) is 0.202. The molecule has 0 bridgehead atoms. The molecule has 3 rings (SSSR count). The Morgan fingerprint density at radius 1 is 1.03 bits per heavy atom. The second-order valence-corrected chi connectivity index (χ2v) is 8.11. The first kappa shape index (κ1) is 26.2. The topological polar surface area (TPSA) is 157 Å². The molecule has 1 amide bonds. The molecule has 1 saturated heterocycles. The summed E-state index contributed by atoms with van der Waals surface area (Å²) in [5.74, 6) is -2.30. The summed E-state index contributed by atoms with van der Waals surface area (Å²) in [5, 5.41) is 30.9. The van der Waals surface area contributed by atoms with E-state index < -0.39 is 34.4 Å². The van der Waals surface area contributed by atoms with E-state index in [-0.39, 0.29) is 29.8 Å². The fourth-order valence-electron chi connectivity index (χ4n) is 4.11. The number of carboxylic acids is 1. The fourth-order valence-corrected chi connectivity index (χ4v) is 4.11. The van der Waals surface area contributed by atoms with Crippen LogP contribution < -0.4 is 9.47 Å². The lowest BCUT2D eigenvalue weighted by Gasteiger charge is -2.27. The summed E-state index contributed by atoms with van der Waals surface area (Å²) in [6.07, 6.45) is 1.37. The van der Waals surface area contributed by atoms with Crippen LogP contribution in [-0.4, -0.2) is 58.5 Å². The number of non-ortho nitro benzene ring substituents is 1. The van der Waals surface area contributed by atoms with Crippen LogP contribution in [0.4, 0.5) is 5.69 Å². The van der Waals surface area contributed by atoms with Crippen LogP contribution in [0, 0.1) is 10.1 Å². The molecular formula is C25H26N2O9. The van der Waals surface area contributed by atoms with Crippen LogP contribution in [0.1, 0.15) is 42.9 Å². The first-order valence-electron chi connectivity index (χ1n) is 11.2. The highest BCUT2D eigenvalue weighted by molar-refractivity contribution is 6.46. The number of rotatable bonds is 11. The summed E-state index contributed by atoms with van der Waals surface area (Å²) in [4.78, 5) is 48.7. The van der Waals surface area contributed by atoms with Crippen LogP contribution in [0.5, 0.6) is 11.5 Å². The average molecular weight is 498 g/mol. The molecule has 36 heavy (non-hydrogen) atoms. The molecule has 0 aliphatic carbocycles. The van der Waals surface area contributed by atoms with E-state index in [0.29, 0.717) is 36.3 Å². The van der Waals surface area contributed by atoms with Crippen molar-refractivity contribution in [3.05, 3.63) is 69.3 Å². The third-order valence-corrected chi connectivity index (χ3v) is 5.92. The van der Waals surface area contributed by atoms with E-state index in [1.165, 1.54) is 43.4 Å². The molecule has 1 unspecified atom stereocenters. The molecule has 0 spiro atoms. The normalized spacial score (nSPS) is 16.7. The Hall–Kier alpha value is -4.41. The van der Waals surface area contributed by atoms with Gasteiger partial charge in [-0.15, -0.1) is 0 Å². The number of aliphatic hydroxyl groups is 1. The quantitative estimate of drug-likeness (QED) is 0.118. The van der Waals surface area contributed by atoms with Crippen LogP contribution in [0.3, 0.4) is 0 Å². The minimum Gasteiger partial charge on any atom is -0.507 e. The number of carbonyl (C=O) groups is 3. The molecule has 1 aliphatic heterocycles. The summed E-state index contributed by atoms with van der Waals surface area (Å²) >= 11 is 0. The van der Waals surface area contributed by atoms with E-state index in [1.807, 2.05) is 0 Å². The molecule has 2 aromatic carbocycles. The van der Waals surface area contributed by atoms with E-state index in [1.54, 1.807) is 18.2 Å². The minimum absolute atomic E-state index is 0.00526. The minimum atomic E-state index is -1.000. The maximum absolute atomic E-state index is 13.1. The number of nitro groups is 1. The number of carboxylic acid groups (broad SMARTS) is 1. The van der Waals surface area contributed by atoms with Crippen molar-refractivity contribution in [3.63, 3.8) is 0 Å². The molecule has 11 nitrogen and oxygen atoms in total. The number of benzene rings is 2. The number of hydrogen-bond acceptors (Lipinski definition) is 8. The molecule has 1 heterocycles. The maximum atomic E-state index is 13.1. The number of Topliss-reactive ketones (excluding diaryl/α,β-unsaturated/α-hetero) is 1. The number of methoxy groups -OCH3 is 2. The van der Waals surface area contributed by atoms with Gasteiger partial charge < -0.3 is 24.6 Å². The predicted octanol–water partition coefficient (Wildman–Crippen LogP) is 3.68. The lowest BCUT2D eigenvalue weighted by molar-refractivity contribution is -0.384. The SMILES string of the molecule is COc1ccc(C2/C(=C(\O)c3ccc([N+](=O)[O-])cc3)C(=O)C(=O)N2CCCCCC(=O)O)c(OC)c1. The lowest BCUT2D eigenvalue weighted by Crippen LogP contribution is -2.31. The van der Waals surface area contributed by atoms with Crippen LogP contribution >= 0.6 is 0 Å². The summed E-state index contributed by atoms with van der Waals surface area (Å²) in [6, 6.07) is 8.84. The van der Waals surface area contributed by atoms with Gasteiger partial charge in [0.25, 0.3) is 17.4 Å². The van der Waals surface area contributed by atoms with Gasteiger partial charge in [-0.2, -0.15) is 0 Å². The van der Waals surface area contributed by atoms with Crippen LogP contribution in [0.15, 0.2) is 48.0 Å². The van der Waals surface area contributed by atoms with Crippen LogP contribution in [0.2, 0.25) is 0 Å². The highest BCUT2D eigenvalue weighted by Crippen LogP contribution is 2.43. The van der Waals surface area contributed by atoms with Gasteiger partial charge in [0.1, 0.15) is 17.3 Å². The van der Waals surface area contributed by atoms with Gasteiger partial charge in [0.2, 0.25) is 0 Å². The van der Waals surface area contributed by atoms with E-state index in [2.05, 4.69) is 0 Å². The Kier molecular flexibility index (Phi) is 8.26. The number of ketones is 1. The molecule has 2 aromatic rings. The van der Waals surface area contributed by atoms with Crippen molar-refractivity contribution < 1.29 is 39.0 Å². The Balaban J connectivity index is 2.07. The van der Waals surface area contributed by atoms with Gasteiger partial charge in [-0.25, -0.2) is 0 Å². The largest absolute Gasteiger partial charge is 0.507 e. The Labute approximate surface area is 206 Å². The highest BCUT2D eigenvalue weighted by atomic mass is 16.6. The van der Waals surface area contributed by atoms with Gasteiger partial charge >= 0.3 is 5.97 Å². The molecule has 0 aromatic heterocycles. The Morgan fingerprint density at radius 2 is 1.72 bits per heavy atom. The van der Waals surface area contributed by atoms with Gasteiger partial charge in [-0.3, -0.25) is 24.5 Å². The molecule has 1 aliphatic rings. The monoisotopic (exact) mass is 498 g/mol. The third-order valence-electron chi connectivity index (χ3n) is 5.92. The number of amides is 1. The molecule has 2 N–H and O–H groups in total. The van der Waals surface area contributed by atoms with Crippen molar-refractivity contribution in [2.75, 3.05) is 20.8 Å². The number of nitro benzene ring substituents is 1. The summed E-state index contributed by atoms with van der Waals surface area (Å²) in [7, 11) is 2.90. The first-order valence-corrected chi connectivity index (χ1v) is 11.2. The second-order valence-electron chi connectivity index (χ2n) is 8.11. The average Bonchev–Trinajstić information content (AvgIpc) is 3.12. The Morgan fingerprint density at radius 3 is 2.31 bits per heavy atom. The highest BCUT2D eigenvalue weighted by Gasteiger charge is 2.46. The lowest BCUT2D eigenvalue weighted by atomic mass is 9.94. The zero-order valence-electron chi connectivity index (χ0n) is 19.8. The fraction of sp³-hybridized carbons (Fsp3) is 0.320. The second kappa shape index (κ2) is 11.3. The third kappa shape index (κ3) is 5.45. The number of aliphatic hydroxyl groups excluding tert-OH is 1. The standard InChI is InChI=1S/C25H26N2O9/c1-35-17-11-12-18(19(14-17)36-2)22-21(23(30)15-7-9-16(10-8-15)27(33)34)24(31)25(32)26(22)13-5-3-4-6-20(28)29/h7-12,14,22,30H,3-6,13H2,1-2H3,(H,28,29)/b23-21+. The molecule has 0 radical (unpaired) electrons. The van der Waals surface area contributed by atoms with Gasteiger partial charge in [0, 0.05) is 42.3 Å². The zero-order valence-corrected chi connectivity index (χ0v) is 19.8. The number of hydrogen-bond donors (Lipinski definition) is 2. The van der Waals surface area contributed by atoms with Crippen molar-refractivity contribution in [2.45, 2.75) is 31.7 Å². The number of nitrogens with zero attached hydrogens (tertiary/aromatic N) is 2. The zero-order chi connectivity index (χ0) is 26.4. The van der Waals surface area contributed by atoms with Crippen LogP contribution in [-0.2, 0) is 14.4 Å². The number of unbranched alkanes of at least 4 members (excludes halogenated alkanes) is 2. The molecule has 1 atom stereocenters. The molecule has 1 fully saturated rings. The van der Waals surface area contributed by atoms with Crippen molar-refractivity contribution in [1.82, 2.24) is 4.90 Å². The number of ether oxygens (including phenoxy) is 2. The van der Waals surface area contributed by atoms with Crippen LogP contribution in [0.25, 0.3) is 5.76 Å². The van der Waals surface area contributed by atoms with Crippen molar-refractivity contribution in [1.29, 1.82) is 0 Å². The Bertz CT molecular complexity index is 1200. The van der Waals surface area contributed by atoms with Crippen molar-refractivity contribution in [3.8, 4) is 11.5 Å². The first-order chi connectivity index (χ1) is 17.2. The van der Waals surface area contributed by atoms with E-state index in [9.17, 15) is 29.6 Å². The van der Waals surface area contributed by atoms with Gasteiger partial charge in [-0.1, -0.05) is 6.42 Å². The number of carbonyl (C=O) groups excluding carboxylic acids is 2. The van der Waals surface area contributed by atoms with Gasteiger partial charge in [0.05, 0.1) is 30.8 Å². The number of aliphatic carboxylic acids is 1. The summed E-state index contributed by atoms with van der Waals surface area (Å²) < 4.78 is 10.7. The van der Waals surface area contributed by atoms with Gasteiger partial charge in [-0.05, 0) is 37.1 Å². The molecule has 0 saturated carbocycles. The van der Waals surface area contributed by atoms with Crippen molar-refractivity contribution in [2.24, 2.45) is 0 Å². The summed E-state index contributed by atoms with van der Waals surface area (Å²) in [6.45, 7) is 0.140. The van der Waals surface area contributed by atoms with E-state index in [4.69, 9.17) is 14.6 Å². The van der Waals surface area contributed by atoms with Crippen molar-refractivity contribution >= 4 is 29.1 Å². The maximum Gasteiger partial charge on any atom is 0.303 e. The smallest absolute Gasteiger partial charge is 0.303 e. The van der Waals surface area contributed by atoms with E-state index in [0.717, 1.165) is 0 Å². The number of likely N-dealkylation sites (tertiary alicyclic amines) is 1.